The van der Waals surface area contributed by atoms with Crippen molar-refractivity contribution in [3.63, 3.8) is 0 Å². The number of nitrogen functional groups attached to an aromatic ring is 1. The van der Waals surface area contributed by atoms with E-state index in [-0.39, 0.29) is 108 Å². The molecule has 7 aromatic rings. The second-order valence-corrected chi connectivity index (χ2v) is 28.1. The van der Waals surface area contributed by atoms with E-state index in [0.717, 1.165) is 25.1 Å². The lowest BCUT2D eigenvalue weighted by atomic mass is 10.1. The zero-order valence-electron chi connectivity index (χ0n) is 58.5. The molecular formula is C67H76N17O22P3. The van der Waals surface area contributed by atoms with Crippen LogP contribution < -0.4 is 42.3 Å². The van der Waals surface area contributed by atoms with Gasteiger partial charge in [-0.25, -0.2) is 33.4 Å². The van der Waals surface area contributed by atoms with Gasteiger partial charge in [-0.15, -0.1) is 0 Å². The summed E-state index contributed by atoms with van der Waals surface area (Å²) < 4.78 is 83.7. The number of unbranched alkanes of at least 4 members (excludes halogenated alkanes) is 2. The van der Waals surface area contributed by atoms with Gasteiger partial charge in [0.05, 0.1) is 30.2 Å². The molecule has 4 aromatic heterocycles. The van der Waals surface area contributed by atoms with Crippen LogP contribution in [-0.2, 0) is 55.4 Å². The third-order valence-corrected chi connectivity index (χ3v) is 20.1. The van der Waals surface area contributed by atoms with E-state index in [9.17, 15) is 57.8 Å². The molecule has 0 saturated carbocycles. The Balaban J connectivity index is 0.674. The molecule has 42 heteroatoms. The van der Waals surface area contributed by atoms with Gasteiger partial charge in [-0.3, -0.25) is 28.5 Å². The van der Waals surface area contributed by atoms with Crippen LogP contribution in [0.3, 0.4) is 0 Å². The van der Waals surface area contributed by atoms with Crippen molar-refractivity contribution in [2.45, 2.75) is 77.0 Å². The van der Waals surface area contributed by atoms with E-state index >= 15 is 0 Å². The smallest absolute Gasteiger partial charge is 0.490 e. The molecule has 4 unspecified atom stereocenters. The SMILES string of the molecule is CCN(CC)c1ccc2cc(-c3nc4cc(C(=O)NCCN(CCCC(=O)NCCCCCNC(=O)c5cccc(OCC(N=[N+]=[N-])OCC(=O)NCC#Cc6cn([C@H]7CC(OCN=[N+]=[N-])[C@@H](COP(=O)(O)OP(=O)(O)OP(=O)(O)O)O7)c7ncnc(N)c67)c5)C(=O)C5=C/C=C\C=C/C=C5)ccc4o3)c(=O)oc2c1. The number of azide groups is 2. The first-order valence-corrected chi connectivity index (χ1v) is 38.2. The number of phosphoric acid groups is 3. The van der Waals surface area contributed by atoms with Crippen LogP contribution in [0.25, 0.3) is 65.4 Å². The van der Waals surface area contributed by atoms with Crippen molar-refractivity contribution in [3.05, 3.63) is 175 Å². The van der Waals surface area contributed by atoms with E-state index in [2.05, 4.69) is 81.6 Å². The van der Waals surface area contributed by atoms with Gasteiger partial charge >= 0.3 is 29.1 Å². The number of phosphoric ester groups is 1. The number of anilines is 2. The Bertz CT molecular complexity index is 4990. The van der Waals surface area contributed by atoms with Crippen molar-refractivity contribution < 1.29 is 98.2 Å². The van der Waals surface area contributed by atoms with Gasteiger partial charge in [0.15, 0.2) is 11.8 Å². The predicted octanol–water partition coefficient (Wildman–Crippen LogP) is 7.92. The lowest BCUT2D eigenvalue weighted by Crippen LogP contribution is -2.40. The van der Waals surface area contributed by atoms with Crippen molar-refractivity contribution in [3.8, 4) is 29.0 Å². The number of carbonyl (C=O) groups is 5. The first-order chi connectivity index (χ1) is 52.3. The number of ether oxygens (including phenoxy) is 4. The summed E-state index contributed by atoms with van der Waals surface area (Å²) in [7, 11) is -17.1. The number of nitrogens with zero attached hydrogens (tertiary/aromatic N) is 12. The number of hydrogen-bond donors (Lipinski definition) is 9. The quantitative estimate of drug-likeness (QED) is 0.00336. The minimum Gasteiger partial charge on any atom is -0.491 e. The van der Waals surface area contributed by atoms with E-state index in [4.69, 9.17) is 53.4 Å². The first kappa shape index (κ1) is 82.2. The lowest BCUT2D eigenvalue weighted by molar-refractivity contribution is -0.128. The van der Waals surface area contributed by atoms with Crippen LogP contribution in [0.15, 0.2) is 151 Å². The number of aromatic nitrogens is 4. The molecule has 0 radical (unpaired) electrons. The largest absolute Gasteiger partial charge is 0.491 e. The second-order valence-electron chi connectivity index (χ2n) is 23.7. The summed E-state index contributed by atoms with van der Waals surface area (Å²) in [5.74, 6) is 3.88. The third kappa shape index (κ3) is 24.3. The van der Waals surface area contributed by atoms with Crippen LogP contribution in [0.5, 0.6) is 5.75 Å². The minimum atomic E-state index is -5.84. The minimum absolute atomic E-state index is 0.0176. The Kier molecular flexibility index (Phi) is 29.6. The number of oxazole rings is 1. The van der Waals surface area contributed by atoms with Crippen LogP contribution in [0.2, 0.25) is 0 Å². The first-order valence-electron chi connectivity index (χ1n) is 33.7. The molecule has 1 fully saturated rings. The van der Waals surface area contributed by atoms with Crippen LogP contribution in [-0.4, -0.2) is 171 Å². The molecule has 2 aliphatic rings. The summed E-state index contributed by atoms with van der Waals surface area (Å²) in [6.07, 6.45) is 12.4. The monoisotopic (exact) mass is 1560 g/mol. The third-order valence-electron chi connectivity index (χ3n) is 16.2. The topological polar surface area (TPSA) is 547 Å². The zero-order valence-corrected chi connectivity index (χ0v) is 61.2. The highest BCUT2D eigenvalue weighted by Crippen LogP contribution is 2.66. The summed E-state index contributed by atoms with van der Waals surface area (Å²) in [6, 6.07) is 18.2. The van der Waals surface area contributed by atoms with E-state index in [0.29, 0.717) is 66.4 Å². The maximum atomic E-state index is 13.9. The van der Waals surface area contributed by atoms with Crippen LogP contribution in [0.4, 0.5) is 11.5 Å². The molecule has 9 rings (SSSR count). The molecule has 1 aliphatic carbocycles. The molecule has 0 bridgehead atoms. The molecule has 39 nitrogen and oxygen atoms in total. The normalized spacial score (nSPS) is 16.6. The van der Waals surface area contributed by atoms with Gasteiger partial charge in [0.25, 0.3) is 17.7 Å². The van der Waals surface area contributed by atoms with Crippen molar-refractivity contribution in [2.24, 2.45) is 10.2 Å². The highest BCUT2D eigenvalue weighted by molar-refractivity contribution is 7.66. The molecule has 1 saturated heterocycles. The van der Waals surface area contributed by atoms with Crippen molar-refractivity contribution >= 4 is 97.6 Å². The Labute approximate surface area is 620 Å². The fourth-order valence-corrected chi connectivity index (χ4v) is 14.2. The summed E-state index contributed by atoms with van der Waals surface area (Å²) in [4.78, 5) is 139. The number of allylic oxidation sites excluding steroid dienone is 6. The average molecular weight is 1560 g/mol. The average Bonchev–Trinajstić information content (AvgIpc) is 1.57. The Morgan fingerprint density at radius 3 is 2.35 bits per heavy atom. The Morgan fingerprint density at radius 1 is 0.817 bits per heavy atom. The van der Waals surface area contributed by atoms with Gasteiger partial charge in [0.2, 0.25) is 17.7 Å². The number of carbonyl (C=O) groups excluding carboxylic acids is 5. The van der Waals surface area contributed by atoms with Gasteiger partial charge in [-0.1, -0.05) is 58.5 Å². The van der Waals surface area contributed by atoms with Gasteiger partial charge in [0, 0.05) is 109 Å². The lowest BCUT2D eigenvalue weighted by Gasteiger charge is -2.23. The maximum absolute atomic E-state index is 13.9. The predicted molar refractivity (Wildman–Crippen MR) is 392 cm³/mol. The van der Waals surface area contributed by atoms with E-state index < -0.39 is 91.4 Å². The van der Waals surface area contributed by atoms with E-state index in [1.54, 1.807) is 83.8 Å². The summed E-state index contributed by atoms with van der Waals surface area (Å²) in [5, 5.41) is 19.0. The van der Waals surface area contributed by atoms with Gasteiger partial charge in [-0.2, -0.15) is 8.62 Å². The number of nitrogens with two attached hydrogens (primary N) is 1. The van der Waals surface area contributed by atoms with Crippen LogP contribution >= 0.6 is 23.5 Å². The standard InChI is InChI=1S/C67H76N17O22P3/c1-3-82(4-2)48-24-22-44-33-50(67(90)104-53(44)35-48)65-78-51-34-46(23-25-52(51)103-65)64(88)74-29-31-83(66(89)43-16-9-6-5-7-10-17-43)30-15-21-56(85)71-26-11-8-12-27-73-63(87)45-18-13-20-49(32-45)98-40-58(79-81-70)99-39-57(86)72-28-14-19-47-37-84(62-60(47)61(68)75-41-76-62)59-36-54(100-42-77-80-69)55(102-59)38-101-108(94,95)106-109(96,97)105-107(91,92)93/h5-7,9-10,13,16-18,20,22-25,32-35,37,41,54-55,58-59H,3-4,8,11-12,15,21,26-31,36,38-40,42H2,1-2H3,(H,71,85)(H,72,86)(H,73,87)(H,74,88)(H,94,95)(H,96,97)(H2,68,75,76)(H2,91,92,93)/b6-5-,7-5?,9-6?,10-7-,16-9?,17-10?,43-16?,43-17?/t54?,55-,58?,59-/m1/s1. The molecule has 109 heavy (non-hydrogen) atoms. The van der Waals surface area contributed by atoms with Crippen LogP contribution in [0.1, 0.15) is 84.9 Å². The number of rotatable bonds is 39. The summed E-state index contributed by atoms with van der Waals surface area (Å²) in [6.45, 7) is 4.13. The molecule has 10 N–H and O–H groups in total. The van der Waals surface area contributed by atoms with Gasteiger partial charge in [-0.05, 0) is 117 Å². The van der Waals surface area contributed by atoms with Gasteiger partial charge in [0.1, 0.15) is 72.5 Å². The molecule has 6 atom stereocenters. The highest BCUT2D eigenvalue weighted by Gasteiger charge is 2.44. The number of amides is 5. The highest BCUT2D eigenvalue weighted by atomic mass is 31.3. The number of nitrogens with one attached hydrogen (secondary N) is 4. The summed E-state index contributed by atoms with van der Waals surface area (Å²) >= 11 is 0. The molecule has 5 amide bonds. The van der Waals surface area contributed by atoms with Crippen molar-refractivity contribution in [1.82, 2.24) is 45.7 Å². The van der Waals surface area contributed by atoms with Gasteiger partial charge < -0.3 is 88.7 Å². The fourth-order valence-electron chi connectivity index (χ4n) is 11.1. The number of fused-ring (bicyclic) bond motifs is 3. The molecule has 5 heterocycles. The molecule has 1 aliphatic heterocycles. The maximum Gasteiger partial charge on any atom is 0.490 e. The number of benzene rings is 3. The molecule has 0 spiro atoms. The van der Waals surface area contributed by atoms with E-state index in [1.165, 1.54) is 16.8 Å². The summed E-state index contributed by atoms with van der Waals surface area (Å²) in [5.41, 5.74) is 27.2. The van der Waals surface area contributed by atoms with Crippen LogP contribution in [0, 0.1) is 11.8 Å². The molecule has 576 valence electrons. The van der Waals surface area contributed by atoms with E-state index in [1.807, 2.05) is 38.1 Å². The number of hydrogen-bond acceptors (Lipinski definition) is 25. The Morgan fingerprint density at radius 2 is 1.58 bits per heavy atom. The van der Waals surface area contributed by atoms with Crippen molar-refractivity contribution in [1.29, 1.82) is 0 Å². The Hall–Kier alpha value is -10.9. The molecule has 3 aromatic carbocycles. The second kappa shape index (κ2) is 39.3. The van der Waals surface area contributed by atoms with Crippen molar-refractivity contribution in [2.75, 3.05) is 89.5 Å². The zero-order chi connectivity index (χ0) is 78.1. The fraction of sp³-hybridized carbons (Fsp3) is 0.358. The molecular weight excluding hydrogens is 1490 g/mol.